The summed E-state index contributed by atoms with van der Waals surface area (Å²) in [7, 11) is 0. The number of hydrogen-bond acceptors (Lipinski definition) is 1. The van der Waals surface area contributed by atoms with E-state index in [4.69, 9.17) is 0 Å². The minimum Gasteiger partial charge on any atom is -0.311 e. The molecule has 0 aliphatic heterocycles. The lowest BCUT2D eigenvalue weighted by Crippen LogP contribution is -2.66. The van der Waals surface area contributed by atoms with Crippen molar-refractivity contribution in [3.05, 3.63) is 0 Å². The molecule has 0 spiro atoms. The van der Waals surface area contributed by atoms with Gasteiger partial charge in [-0.1, -0.05) is 27.7 Å². The van der Waals surface area contributed by atoms with Gasteiger partial charge in [-0.3, -0.25) is 0 Å². The lowest BCUT2D eigenvalue weighted by Gasteiger charge is -2.59. The molecular formula is C11H21N. The molecule has 3 rings (SSSR count). The van der Waals surface area contributed by atoms with Crippen LogP contribution in [0.3, 0.4) is 0 Å². The summed E-state index contributed by atoms with van der Waals surface area (Å²) in [5.41, 5.74) is 1.17. The van der Waals surface area contributed by atoms with Crippen LogP contribution in [0.25, 0.3) is 0 Å². The summed E-state index contributed by atoms with van der Waals surface area (Å²) < 4.78 is 0. The molecule has 3 aliphatic carbocycles. The van der Waals surface area contributed by atoms with E-state index in [0.29, 0.717) is 11.0 Å². The minimum absolute atomic E-state index is 0.517. The van der Waals surface area contributed by atoms with E-state index < -0.39 is 0 Å². The Bertz CT molecular complexity index is 183. The molecule has 0 aromatic rings. The van der Waals surface area contributed by atoms with Crippen LogP contribution < -0.4 is 5.32 Å². The summed E-state index contributed by atoms with van der Waals surface area (Å²) in [6.07, 6.45) is 2.84. The van der Waals surface area contributed by atoms with E-state index in [1.54, 1.807) is 0 Å². The van der Waals surface area contributed by atoms with Crippen molar-refractivity contribution in [2.75, 3.05) is 6.54 Å². The number of nitrogens with one attached hydrogen (secondary N) is 1. The molecule has 3 fully saturated rings. The van der Waals surface area contributed by atoms with Gasteiger partial charge in [0.05, 0.1) is 0 Å². The maximum atomic E-state index is 3.71. The highest BCUT2D eigenvalue weighted by Crippen LogP contribution is 2.68. The second-order valence-corrected chi connectivity index (χ2v) is 5.02. The van der Waals surface area contributed by atoms with Crippen molar-refractivity contribution in [2.24, 2.45) is 17.3 Å². The molecule has 3 aliphatic rings. The molecule has 0 aromatic heterocycles. The van der Waals surface area contributed by atoms with Crippen LogP contribution in [0.4, 0.5) is 0 Å². The van der Waals surface area contributed by atoms with Crippen LogP contribution in [0.15, 0.2) is 0 Å². The molecule has 0 heterocycles. The molecule has 12 heavy (non-hydrogen) atoms. The SMILES string of the molecule is CCNC12CCC(C)([C@H]1C)[C@@H]2C. The highest BCUT2D eigenvalue weighted by atomic mass is 15.1. The van der Waals surface area contributed by atoms with Crippen LogP contribution in [0.5, 0.6) is 0 Å². The fourth-order valence-corrected chi connectivity index (χ4v) is 3.90. The molecule has 1 nitrogen and oxygen atoms in total. The molecule has 0 aromatic carbocycles. The number of fused-ring (bicyclic) bond motifs is 1. The van der Waals surface area contributed by atoms with Gasteiger partial charge in [-0.25, -0.2) is 0 Å². The zero-order chi connectivity index (χ0) is 8.98. The molecule has 3 saturated carbocycles. The standard InChI is InChI=1S/C11H21N/c1-5-12-11-7-6-10(4,8(11)2)9(11)3/h8-9,12H,5-7H2,1-4H3/t8-,9+,10?,11?. The normalized spacial score (nSPS) is 57.0. The van der Waals surface area contributed by atoms with Crippen LogP contribution in [-0.4, -0.2) is 12.1 Å². The molecule has 1 heteroatoms. The lowest BCUT2D eigenvalue weighted by molar-refractivity contribution is -0.0642. The van der Waals surface area contributed by atoms with Crippen molar-refractivity contribution in [2.45, 2.75) is 46.1 Å². The van der Waals surface area contributed by atoms with E-state index in [9.17, 15) is 0 Å². The third-order valence-electron chi connectivity index (χ3n) is 5.11. The van der Waals surface area contributed by atoms with Crippen molar-refractivity contribution in [1.82, 2.24) is 5.32 Å². The Labute approximate surface area is 75.9 Å². The van der Waals surface area contributed by atoms with Gasteiger partial charge in [0.25, 0.3) is 0 Å². The monoisotopic (exact) mass is 167 g/mol. The smallest absolute Gasteiger partial charge is 0.0243 e. The van der Waals surface area contributed by atoms with Gasteiger partial charge >= 0.3 is 0 Å². The second-order valence-electron chi connectivity index (χ2n) is 5.02. The molecule has 0 radical (unpaired) electrons. The third kappa shape index (κ3) is 0.654. The first-order valence-corrected chi connectivity index (χ1v) is 5.33. The highest BCUT2D eigenvalue weighted by Gasteiger charge is 2.68. The van der Waals surface area contributed by atoms with Crippen LogP contribution in [0, 0.1) is 17.3 Å². The van der Waals surface area contributed by atoms with Crippen LogP contribution in [-0.2, 0) is 0 Å². The number of hydrogen-bond donors (Lipinski definition) is 1. The van der Waals surface area contributed by atoms with E-state index in [-0.39, 0.29) is 0 Å². The zero-order valence-electron chi connectivity index (χ0n) is 8.78. The molecular weight excluding hydrogens is 146 g/mol. The lowest BCUT2D eigenvalue weighted by atomic mass is 9.50. The van der Waals surface area contributed by atoms with Gasteiger partial charge in [-0.05, 0) is 36.6 Å². The quantitative estimate of drug-likeness (QED) is 0.666. The molecule has 0 amide bonds. The Balaban J connectivity index is 2.20. The molecule has 4 atom stereocenters. The fourth-order valence-electron chi connectivity index (χ4n) is 3.90. The van der Waals surface area contributed by atoms with Gasteiger partial charge in [-0.15, -0.1) is 0 Å². The van der Waals surface area contributed by atoms with Crippen molar-refractivity contribution in [3.63, 3.8) is 0 Å². The van der Waals surface area contributed by atoms with Gasteiger partial charge < -0.3 is 5.32 Å². The summed E-state index contributed by atoms with van der Waals surface area (Å²) in [6, 6.07) is 0. The van der Waals surface area contributed by atoms with E-state index in [1.165, 1.54) is 12.8 Å². The molecule has 2 unspecified atom stereocenters. The van der Waals surface area contributed by atoms with Gasteiger partial charge in [-0.2, -0.15) is 0 Å². The van der Waals surface area contributed by atoms with Crippen molar-refractivity contribution < 1.29 is 0 Å². The van der Waals surface area contributed by atoms with E-state index in [1.807, 2.05) is 0 Å². The Morgan fingerprint density at radius 2 is 1.83 bits per heavy atom. The van der Waals surface area contributed by atoms with Crippen molar-refractivity contribution in [3.8, 4) is 0 Å². The third-order valence-corrected chi connectivity index (χ3v) is 5.11. The average Bonchev–Trinajstić information content (AvgIpc) is 2.46. The first kappa shape index (κ1) is 8.55. The summed E-state index contributed by atoms with van der Waals surface area (Å²) >= 11 is 0. The summed E-state index contributed by atoms with van der Waals surface area (Å²) in [6.45, 7) is 10.7. The van der Waals surface area contributed by atoms with Crippen LogP contribution in [0.2, 0.25) is 0 Å². The fraction of sp³-hybridized carbons (Fsp3) is 1.00. The zero-order valence-corrected chi connectivity index (χ0v) is 8.78. The van der Waals surface area contributed by atoms with Gasteiger partial charge in [0.1, 0.15) is 0 Å². The van der Waals surface area contributed by atoms with Gasteiger partial charge in [0, 0.05) is 5.54 Å². The number of rotatable bonds is 2. The second kappa shape index (κ2) is 2.25. The summed E-state index contributed by atoms with van der Waals surface area (Å²) in [5.74, 6) is 1.78. The Hall–Kier alpha value is -0.0400. The van der Waals surface area contributed by atoms with E-state index >= 15 is 0 Å². The first-order valence-electron chi connectivity index (χ1n) is 5.33. The average molecular weight is 167 g/mol. The molecule has 70 valence electrons. The minimum atomic E-state index is 0.517. The molecule has 0 saturated heterocycles. The Kier molecular flexibility index (Phi) is 1.61. The first-order chi connectivity index (χ1) is 5.58. The maximum absolute atomic E-state index is 3.71. The summed E-state index contributed by atoms with van der Waals surface area (Å²) in [4.78, 5) is 0. The Morgan fingerprint density at radius 3 is 2.17 bits per heavy atom. The predicted octanol–water partition coefficient (Wildman–Crippen LogP) is 2.42. The maximum Gasteiger partial charge on any atom is 0.0243 e. The van der Waals surface area contributed by atoms with Crippen LogP contribution >= 0.6 is 0 Å². The largest absolute Gasteiger partial charge is 0.311 e. The van der Waals surface area contributed by atoms with Gasteiger partial charge in [0.2, 0.25) is 0 Å². The predicted molar refractivity (Wildman–Crippen MR) is 52.1 cm³/mol. The summed E-state index contributed by atoms with van der Waals surface area (Å²) in [5, 5.41) is 3.71. The topological polar surface area (TPSA) is 12.0 Å². The van der Waals surface area contributed by atoms with Crippen molar-refractivity contribution >= 4 is 0 Å². The van der Waals surface area contributed by atoms with E-state index in [2.05, 4.69) is 33.0 Å². The molecule has 2 bridgehead atoms. The molecule has 1 N–H and O–H groups in total. The van der Waals surface area contributed by atoms with Gasteiger partial charge in [0.15, 0.2) is 0 Å². The highest BCUT2D eigenvalue weighted by molar-refractivity contribution is 5.22. The van der Waals surface area contributed by atoms with E-state index in [0.717, 1.165) is 18.4 Å². The Morgan fingerprint density at radius 1 is 1.25 bits per heavy atom. The van der Waals surface area contributed by atoms with Crippen LogP contribution in [0.1, 0.15) is 40.5 Å². The van der Waals surface area contributed by atoms with Crippen molar-refractivity contribution in [1.29, 1.82) is 0 Å².